The highest BCUT2D eigenvalue weighted by Crippen LogP contribution is 2.33. The Kier molecular flexibility index (Phi) is 5.90. The molecule has 2 heterocycles. The summed E-state index contributed by atoms with van der Waals surface area (Å²) in [6.07, 6.45) is 1.97. The van der Waals surface area contributed by atoms with Gasteiger partial charge in [-0.05, 0) is 38.5 Å². The zero-order chi connectivity index (χ0) is 21.1. The number of rotatable bonds is 7. The largest absolute Gasteiger partial charge is 0.360 e. The lowest BCUT2D eigenvalue weighted by molar-refractivity contribution is -0.127. The van der Waals surface area contributed by atoms with Crippen molar-refractivity contribution in [1.82, 2.24) is 24.6 Å². The molecular weight excluding hydrogens is 394 g/mol. The molecule has 2 aromatic heterocycles. The van der Waals surface area contributed by atoms with Gasteiger partial charge in [0.1, 0.15) is 0 Å². The van der Waals surface area contributed by atoms with Crippen molar-refractivity contribution < 1.29 is 4.79 Å². The van der Waals surface area contributed by atoms with Crippen molar-refractivity contribution >= 4 is 28.6 Å². The molecule has 0 saturated heterocycles. The van der Waals surface area contributed by atoms with Crippen LogP contribution in [0.2, 0.25) is 0 Å². The first-order chi connectivity index (χ1) is 14.6. The SMILES string of the molecule is CCN(CC)C(=O)CSc1nnc(-c2c[nH]c3ccccc23)n1-c1ccccc1C. The van der Waals surface area contributed by atoms with Gasteiger partial charge in [-0.1, -0.05) is 48.2 Å². The number of nitrogens with one attached hydrogen (secondary N) is 1. The minimum atomic E-state index is 0.109. The van der Waals surface area contributed by atoms with E-state index in [-0.39, 0.29) is 5.91 Å². The van der Waals surface area contributed by atoms with E-state index in [1.807, 2.05) is 55.3 Å². The molecule has 0 radical (unpaired) electrons. The van der Waals surface area contributed by atoms with Gasteiger partial charge < -0.3 is 9.88 Å². The number of H-pyrrole nitrogens is 1. The fraction of sp³-hybridized carbons (Fsp3) is 0.261. The summed E-state index contributed by atoms with van der Waals surface area (Å²) in [4.78, 5) is 17.7. The number of aromatic amines is 1. The first-order valence-electron chi connectivity index (χ1n) is 10.1. The molecule has 0 bridgehead atoms. The summed E-state index contributed by atoms with van der Waals surface area (Å²) >= 11 is 1.43. The van der Waals surface area contributed by atoms with Crippen molar-refractivity contribution in [2.75, 3.05) is 18.8 Å². The van der Waals surface area contributed by atoms with Crippen LogP contribution in [0.15, 0.2) is 59.9 Å². The number of aryl methyl sites for hydroxylation is 1. The molecule has 6 nitrogen and oxygen atoms in total. The third-order valence-corrected chi connectivity index (χ3v) is 6.17. The smallest absolute Gasteiger partial charge is 0.233 e. The van der Waals surface area contributed by atoms with Crippen molar-refractivity contribution in [2.45, 2.75) is 25.9 Å². The van der Waals surface area contributed by atoms with Gasteiger partial charge in [-0.25, -0.2) is 0 Å². The summed E-state index contributed by atoms with van der Waals surface area (Å²) in [5.41, 5.74) is 4.18. The van der Waals surface area contributed by atoms with Gasteiger partial charge >= 0.3 is 0 Å². The number of hydrogen-bond donors (Lipinski definition) is 1. The monoisotopic (exact) mass is 419 g/mol. The lowest BCUT2D eigenvalue weighted by Crippen LogP contribution is -2.31. The third kappa shape index (κ3) is 3.73. The number of benzene rings is 2. The number of carbonyl (C=O) groups excluding carboxylic acids is 1. The van der Waals surface area contributed by atoms with Gasteiger partial charge in [-0.15, -0.1) is 10.2 Å². The minimum Gasteiger partial charge on any atom is -0.360 e. The second-order valence-corrected chi connectivity index (χ2v) is 7.97. The normalized spacial score (nSPS) is 11.2. The van der Waals surface area contributed by atoms with Crippen LogP contribution in [-0.2, 0) is 4.79 Å². The zero-order valence-corrected chi connectivity index (χ0v) is 18.2. The second kappa shape index (κ2) is 8.75. The van der Waals surface area contributed by atoms with Crippen molar-refractivity contribution in [3.8, 4) is 17.1 Å². The number of fused-ring (bicyclic) bond motifs is 1. The van der Waals surface area contributed by atoms with E-state index in [1.165, 1.54) is 11.8 Å². The Bertz CT molecular complexity index is 1180. The molecule has 2 aromatic carbocycles. The number of amides is 1. The molecule has 0 saturated carbocycles. The van der Waals surface area contributed by atoms with Crippen LogP contribution >= 0.6 is 11.8 Å². The highest BCUT2D eigenvalue weighted by atomic mass is 32.2. The molecule has 0 aliphatic carbocycles. The van der Waals surface area contributed by atoms with E-state index in [0.29, 0.717) is 24.0 Å². The van der Waals surface area contributed by atoms with Gasteiger partial charge in [-0.3, -0.25) is 9.36 Å². The van der Waals surface area contributed by atoms with E-state index < -0.39 is 0 Å². The lowest BCUT2D eigenvalue weighted by Gasteiger charge is -2.18. The van der Waals surface area contributed by atoms with Crippen LogP contribution in [0.25, 0.3) is 28.0 Å². The van der Waals surface area contributed by atoms with Crippen LogP contribution in [0.5, 0.6) is 0 Å². The predicted molar refractivity (Wildman–Crippen MR) is 122 cm³/mol. The molecule has 30 heavy (non-hydrogen) atoms. The zero-order valence-electron chi connectivity index (χ0n) is 17.4. The summed E-state index contributed by atoms with van der Waals surface area (Å²) in [6.45, 7) is 7.49. The van der Waals surface area contributed by atoms with E-state index in [9.17, 15) is 4.79 Å². The summed E-state index contributed by atoms with van der Waals surface area (Å²) < 4.78 is 2.06. The van der Waals surface area contributed by atoms with E-state index in [2.05, 4.69) is 44.9 Å². The molecule has 1 amide bonds. The number of hydrogen-bond acceptors (Lipinski definition) is 4. The number of para-hydroxylation sites is 2. The molecule has 0 unspecified atom stereocenters. The van der Waals surface area contributed by atoms with Gasteiger partial charge in [-0.2, -0.15) is 0 Å². The van der Waals surface area contributed by atoms with Gasteiger partial charge in [0, 0.05) is 35.8 Å². The maximum absolute atomic E-state index is 12.5. The van der Waals surface area contributed by atoms with Crippen LogP contribution in [0.3, 0.4) is 0 Å². The molecule has 0 aliphatic heterocycles. The van der Waals surface area contributed by atoms with E-state index >= 15 is 0 Å². The number of thioether (sulfide) groups is 1. The summed E-state index contributed by atoms with van der Waals surface area (Å²) in [6, 6.07) is 16.3. The fourth-order valence-corrected chi connectivity index (χ4v) is 4.47. The fourth-order valence-electron chi connectivity index (χ4n) is 3.62. The molecule has 7 heteroatoms. The van der Waals surface area contributed by atoms with Crippen LogP contribution in [-0.4, -0.2) is 49.4 Å². The second-order valence-electron chi connectivity index (χ2n) is 7.03. The Labute approximate surface area is 180 Å². The van der Waals surface area contributed by atoms with Crippen molar-refractivity contribution in [2.24, 2.45) is 0 Å². The van der Waals surface area contributed by atoms with E-state index in [4.69, 9.17) is 0 Å². The first-order valence-corrected chi connectivity index (χ1v) is 11.1. The number of nitrogens with zero attached hydrogens (tertiary/aromatic N) is 4. The molecule has 4 aromatic rings. The van der Waals surface area contributed by atoms with Crippen molar-refractivity contribution in [1.29, 1.82) is 0 Å². The molecule has 0 spiro atoms. The maximum atomic E-state index is 12.5. The molecule has 154 valence electrons. The van der Waals surface area contributed by atoms with Crippen LogP contribution in [0, 0.1) is 6.92 Å². The quantitative estimate of drug-likeness (QED) is 0.442. The third-order valence-electron chi connectivity index (χ3n) is 5.26. The number of carbonyl (C=O) groups is 1. The average Bonchev–Trinajstić information content (AvgIpc) is 3.37. The molecule has 0 fully saturated rings. The Morgan fingerprint density at radius 2 is 1.80 bits per heavy atom. The number of aromatic nitrogens is 4. The Morgan fingerprint density at radius 3 is 2.57 bits per heavy atom. The Hall–Kier alpha value is -3.06. The first kappa shape index (κ1) is 20.2. The van der Waals surface area contributed by atoms with Crippen LogP contribution in [0.1, 0.15) is 19.4 Å². The molecule has 0 aliphatic rings. The molecule has 1 N–H and O–H groups in total. The van der Waals surface area contributed by atoms with Crippen molar-refractivity contribution in [3.05, 3.63) is 60.3 Å². The topological polar surface area (TPSA) is 66.8 Å². The molecular formula is C23H25N5OS. The highest BCUT2D eigenvalue weighted by molar-refractivity contribution is 7.99. The standard InChI is InChI=1S/C23H25N5OS/c1-4-27(5-2)21(29)15-30-23-26-25-22(28(23)20-13-9-6-10-16(20)3)18-14-24-19-12-8-7-11-17(18)19/h6-14,24H,4-5,15H2,1-3H3. The van der Waals surface area contributed by atoms with Crippen LogP contribution in [0.4, 0.5) is 0 Å². The predicted octanol–water partition coefficient (Wildman–Crippen LogP) is 4.68. The summed E-state index contributed by atoms with van der Waals surface area (Å²) in [5.74, 6) is 1.21. The van der Waals surface area contributed by atoms with E-state index in [0.717, 1.165) is 33.5 Å². The van der Waals surface area contributed by atoms with Crippen LogP contribution < -0.4 is 0 Å². The Morgan fingerprint density at radius 1 is 1.07 bits per heavy atom. The summed E-state index contributed by atoms with van der Waals surface area (Å²) in [5, 5.41) is 10.8. The summed E-state index contributed by atoms with van der Waals surface area (Å²) in [7, 11) is 0. The Balaban J connectivity index is 1.79. The van der Waals surface area contributed by atoms with Crippen molar-refractivity contribution in [3.63, 3.8) is 0 Å². The van der Waals surface area contributed by atoms with Gasteiger partial charge in [0.15, 0.2) is 11.0 Å². The minimum absolute atomic E-state index is 0.109. The lowest BCUT2D eigenvalue weighted by atomic mass is 10.1. The van der Waals surface area contributed by atoms with Gasteiger partial charge in [0.25, 0.3) is 0 Å². The molecule has 4 rings (SSSR count). The average molecular weight is 420 g/mol. The van der Waals surface area contributed by atoms with Gasteiger partial charge in [0.2, 0.25) is 5.91 Å². The maximum Gasteiger partial charge on any atom is 0.233 e. The van der Waals surface area contributed by atoms with Gasteiger partial charge in [0.05, 0.1) is 11.4 Å². The molecule has 0 atom stereocenters. The highest BCUT2D eigenvalue weighted by Gasteiger charge is 2.21. The van der Waals surface area contributed by atoms with E-state index in [1.54, 1.807) is 0 Å².